The molecule has 0 saturated carbocycles. The molecule has 0 amide bonds. The molecule has 0 spiro atoms. The van der Waals surface area contributed by atoms with Crippen molar-refractivity contribution >= 4 is 15.8 Å². The third-order valence-electron chi connectivity index (χ3n) is 3.53. The zero-order valence-corrected chi connectivity index (χ0v) is 12.9. The number of anilines is 1. The van der Waals surface area contributed by atoms with Crippen LogP contribution in [0.2, 0.25) is 0 Å². The molecule has 0 radical (unpaired) electrons. The summed E-state index contributed by atoms with van der Waals surface area (Å²) < 4.78 is 30.0. The summed E-state index contributed by atoms with van der Waals surface area (Å²) in [6.45, 7) is 3.53. The molecule has 0 atom stereocenters. The monoisotopic (exact) mass is 301 g/mol. The summed E-state index contributed by atoms with van der Waals surface area (Å²) in [6.07, 6.45) is 4.26. The summed E-state index contributed by atoms with van der Waals surface area (Å²) >= 11 is 0. The van der Waals surface area contributed by atoms with Crippen LogP contribution in [0.1, 0.15) is 25.0 Å². The quantitative estimate of drug-likeness (QED) is 0.800. The normalized spacial score (nSPS) is 19.1. The maximum absolute atomic E-state index is 11.4. The van der Waals surface area contributed by atoms with E-state index >= 15 is 0 Å². The largest absolute Gasteiger partial charge is 0.385 e. The van der Waals surface area contributed by atoms with E-state index in [4.69, 9.17) is 4.74 Å². The molecule has 1 saturated heterocycles. The number of ether oxygens (including phenoxy) is 1. The molecule has 1 aromatic rings. The van der Waals surface area contributed by atoms with Gasteiger partial charge in [-0.25, -0.2) is 13.4 Å². The first-order chi connectivity index (χ1) is 9.50. The summed E-state index contributed by atoms with van der Waals surface area (Å²) in [5.41, 5.74) is 0.966. The molecule has 0 unspecified atom stereocenters. The fraction of sp³-hybridized carbons (Fsp3) is 0.769. The third kappa shape index (κ3) is 4.21. The minimum atomic E-state index is -2.81. The molecule has 114 valence electrons. The number of imidazole rings is 1. The SMILES string of the molecule is COCCCn1cc(C)nc1NC1CCS(=O)(=O)CC1. The van der Waals surface area contributed by atoms with Gasteiger partial charge in [-0.1, -0.05) is 0 Å². The van der Waals surface area contributed by atoms with Crippen LogP contribution in [-0.2, 0) is 21.1 Å². The third-order valence-corrected chi connectivity index (χ3v) is 5.25. The number of hydrogen-bond donors (Lipinski definition) is 1. The van der Waals surface area contributed by atoms with Gasteiger partial charge in [-0.15, -0.1) is 0 Å². The van der Waals surface area contributed by atoms with Crippen LogP contribution in [-0.4, -0.2) is 49.2 Å². The second-order valence-corrected chi connectivity index (χ2v) is 7.62. The van der Waals surface area contributed by atoms with Crippen molar-refractivity contribution in [1.29, 1.82) is 0 Å². The predicted molar refractivity (Wildman–Crippen MR) is 78.8 cm³/mol. The van der Waals surface area contributed by atoms with Crippen LogP contribution in [0.15, 0.2) is 6.20 Å². The molecule has 1 fully saturated rings. The lowest BCUT2D eigenvalue weighted by atomic mass is 10.2. The molecule has 0 aliphatic carbocycles. The maximum atomic E-state index is 11.4. The van der Waals surface area contributed by atoms with E-state index in [2.05, 4.69) is 14.9 Å². The lowest BCUT2D eigenvalue weighted by Crippen LogP contribution is -2.33. The van der Waals surface area contributed by atoms with Crippen molar-refractivity contribution < 1.29 is 13.2 Å². The fourth-order valence-corrected chi connectivity index (χ4v) is 3.92. The van der Waals surface area contributed by atoms with Crippen molar-refractivity contribution in [2.45, 2.75) is 38.8 Å². The number of nitrogens with zero attached hydrogens (tertiary/aromatic N) is 2. The number of nitrogens with one attached hydrogen (secondary N) is 1. The van der Waals surface area contributed by atoms with Crippen LogP contribution in [0, 0.1) is 6.92 Å². The van der Waals surface area contributed by atoms with Crippen molar-refractivity contribution in [2.75, 3.05) is 30.5 Å². The Bertz CT molecular complexity index is 525. The molecule has 6 nitrogen and oxygen atoms in total. The summed E-state index contributed by atoms with van der Waals surface area (Å²) in [7, 11) is -1.12. The van der Waals surface area contributed by atoms with Gasteiger partial charge in [0.1, 0.15) is 9.84 Å². The Kier molecular flexibility index (Phi) is 5.04. The molecule has 7 heteroatoms. The van der Waals surface area contributed by atoms with Crippen LogP contribution in [0.4, 0.5) is 5.95 Å². The number of hydrogen-bond acceptors (Lipinski definition) is 5. The van der Waals surface area contributed by atoms with Gasteiger partial charge in [-0.2, -0.15) is 0 Å². The van der Waals surface area contributed by atoms with Gasteiger partial charge in [0.05, 0.1) is 17.2 Å². The van der Waals surface area contributed by atoms with Crippen LogP contribution in [0.25, 0.3) is 0 Å². The van der Waals surface area contributed by atoms with E-state index in [0.717, 1.165) is 31.2 Å². The van der Waals surface area contributed by atoms with E-state index in [-0.39, 0.29) is 17.5 Å². The van der Waals surface area contributed by atoms with Gasteiger partial charge in [0.25, 0.3) is 0 Å². The van der Waals surface area contributed by atoms with Crippen LogP contribution in [0.3, 0.4) is 0 Å². The average Bonchev–Trinajstić information content (AvgIpc) is 2.73. The highest BCUT2D eigenvalue weighted by Crippen LogP contribution is 2.18. The van der Waals surface area contributed by atoms with E-state index in [9.17, 15) is 8.42 Å². The first-order valence-electron chi connectivity index (χ1n) is 7.00. The van der Waals surface area contributed by atoms with Crippen molar-refractivity contribution in [3.8, 4) is 0 Å². The second-order valence-electron chi connectivity index (χ2n) is 5.32. The Morgan fingerprint density at radius 1 is 1.45 bits per heavy atom. The highest BCUT2D eigenvalue weighted by Gasteiger charge is 2.24. The van der Waals surface area contributed by atoms with Crippen molar-refractivity contribution in [3.63, 3.8) is 0 Å². The summed E-state index contributed by atoms with van der Waals surface area (Å²) in [5.74, 6) is 1.38. The van der Waals surface area contributed by atoms with Crippen molar-refractivity contribution in [2.24, 2.45) is 0 Å². The molecule has 20 heavy (non-hydrogen) atoms. The van der Waals surface area contributed by atoms with Crippen molar-refractivity contribution in [1.82, 2.24) is 9.55 Å². The predicted octanol–water partition coefficient (Wildman–Crippen LogP) is 1.22. The fourth-order valence-electron chi connectivity index (χ4n) is 2.43. The van der Waals surface area contributed by atoms with E-state index in [0.29, 0.717) is 12.8 Å². The number of aromatic nitrogens is 2. The number of sulfone groups is 1. The minimum Gasteiger partial charge on any atom is -0.385 e. The van der Waals surface area contributed by atoms with Gasteiger partial charge in [0.2, 0.25) is 5.95 Å². The smallest absolute Gasteiger partial charge is 0.203 e. The van der Waals surface area contributed by atoms with Crippen molar-refractivity contribution in [3.05, 3.63) is 11.9 Å². The Morgan fingerprint density at radius 2 is 2.15 bits per heavy atom. The number of aryl methyl sites for hydroxylation is 2. The van der Waals surface area contributed by atoms with Crippen LogP contribution < -0.4 is 5.32 Å². The Balaban J connectivity index is 1.95. The number of rotatable bonds is 6. The number of methoxy groups -OCH3 is 1. The second kappa shape index (κ2) is 6.58. The first kappa shape index (κ1) is 15.3. The molecular weight excluding hydrogens is 278 g/mol. The van der Waals surface area contributed by atoms with E-state index in [1.807, 2.05) is 13.1 Å². The summed E-state index contributed by atoms with van der Waals surface area (Å²) in [4.78, 5) is 4.48. The Hall–Kier alpha value is -1.08. The van der Waals surface area contributed by atoms with Gasteiger partial charge in [-0.3, -0.25) is 0 Å². The summed E-state index contributed by atoms with van der Waals surface area (Å²) in [6, 6.07) is 0.196. The first-order valence-corrected chi connectivity index (χ1v) is 8.82. The van der Waals surface area contributed by atoms with Crippen LogP contribution >= 0.6 is 0 Å². The van der Waals surface area contributed by atoms with Gasteiger partial charge < -0.3 is 14.6 Å². The molecule has 1 aliphatic rings. The molecule has 0 bridgehead atoms. The van der Waals surface area contributed by atoms with E-state index < -0.39 is 9.84 Å². The van der Waals surface area contributed by atoms with Gasteiger partial charge >= 0.3 is 0 Å². The topological polar surface area (TPSA) is 73.2 Å². The molecule has 1 aromatic heterocycles. The molecule has 0 aromatic carbocycles. The molecule has 2 heterocycles. The van der Waals surface area contributed by atoms with Gasteiger partial charge in [-0.05, 0) is 26.2 Å². The Labute approximate surface area is 120 Å². The minimum absolute atomic E-state index is 0.196. The van der Waals surface area contributed by atoms with E-state index in [1.165, 1.54) is 0 Å². The maximum Gasteiger partial charge on any atom is 0.203 e. The average molecular weight is 301 g/mol. The molecule has 2 rings (SSSR count). The molecule has 1 aliphatic heterocycles. The Morgan fingerprint density at radius 3 is 2.80 bits per heavy atom. The lowest BCUT2D eigenvalue weighted by molar-refractivity contribution is 0.190. The highest BCUT2D eigenvalue weighted by atomic mass is 32.2. The zero-order valence-electron chi connectivity index (χ0n) is 12.1. The zero-order chi connectivity index (χ0) is 14.6. The highest BCUT2D eigenvalue weighted by molar-refractivity contribution is 7.91. The molecular formula is C13H23N3O3S. The van der Waals surface area contributed by atoms with Crippen LogP contribution in [0.5, 0.6) is 0 Å². The standard InChI is InChI=1S/C13H23N3O3S/c1-11-10-16(6-3-7-19-2)13(14-11)15-12-4-8-20(17,18)9-5-12/h10,12H,3-9H2,1-2H3,(H,14,15). The summed E-state index contributed by atoms with van der Waals surface area (Å²) in [5, 5.41) is 3.38. The van der Waals surface area contributed by atoms with Gasteiger partial charge in [0, 0.05) is 32.5 Å². The van der Waals surface area contributed by atoms with E-state index in [1.54, 1.807) is 7.11 Å². The van der Waals surface area contributed by atoms with Gasteiger partial charge in [0.15, 0.2) is 0 Å². The lowest BCUT2D eigenvalue weighted by Gasteiger charge is -2.23. The molecule has 1 N–H and O–H groups in total.